The molecule has 1 aliphatic carbocycles. The quantitative estimate of drug-likeness (QED) is 0.540. The Kier molecular flexibility index (Phi) is 8.72. The van der Waals surface area contributed by atoms with Gasteiger partial charge in [0.15, 0.2) is 0 Å². The summed E-state index contributed by atoms with van der Waals surface area (Å²) in [6.45, 7) is 6.49. The average molecular weight is 485 g/mol. The van der Waals surface area contributed by atoms with Crippen LogP contribution in [0.5, 0.6) is 0 Å². The SMILES string of the molecule is O=C(CCNS(=O)(=O)c1ccc2c(c1)CCCC2)NCCN1CCN(Cc2ccccc2)CC1. The zero-order chi connectivity index (χ0) is 23.8. The van der Waals surface area contributed by atoms with E-state index in [0.717, 1.165) is 70.5 Å². The molecule has 0 aromatic heterocycles. The molecule has 1 heterocycles. The normalized spacial score (nSPS) is 17.3. The number of benzene rings is 2. The first-order valence-electron chi connectivity index (χ1n) is 12.4. The molecule has 0 atom stereocenters. The molecule has 1 saturated heterocycles. The van der Waals surface area contributed by atoms with E-state index in [0.29, 0.717) is 11.4 Å². The molecule has 0 bridgehead atoms. The van der Waals surface area contributed by atoms with Gasteiger partial charge in [0.05, 0.1) is 4.90 Å². The van der Waals surface area contributed by atoms with E-state index >= 15 is 0 Å². The Labute approximate surface area is 203 Å². The highest BCUT2D eigenvalue weighted by atomic mass is 32.2. The molecule has 184 valence electrons. The van der Waals surface area contributed by atoms with Gasteiger partial charge in [0.1, 0.15) is 0 Å². The summed E-state index contributed by atoms with van der Waals surface area (Å²) in [4.78, 5) is 17.3. The average Bonchev–Trinajstić information content (AvgIpc) is 2.85. The second-order valence-corrected chi connectivity index (χ2v) is 11.0. The van der Waals surface area contributed by atoms with Gasteiger partial charge < -0.3 is 5.32 Å². The molecule has 2 aromatic carbocycles. The van der Waals surface area contributed by atoms with Gasteiger partial charge in [-0.3, -0.25) is 14.6 Å². The second kappa shape index (κ2) is 11.9. The van der Waals surface area contributed by atoms with Gasteiger partial charge in [-0.15, -0.1) is 0 Å². The number of amides is 1. The molecule has 4 rings (SSSR count). The number of nitrogens with zero attached hydrogens (tertiary/aromatic N) is 2. The van der Waals surface area contributed by atoms with Crippen LogP contribution in [0.15, 0.2) is 53.4 Å². The number of carbonyl (C=O) groups is 1. The number of fused-ring (bicyclic) bond motifs is 1. The molecule has 2 N–H and O–H groups in total. The predicted molar refractivity (Wildman–Crippen MR) is 134 cm³/mol. The van der Waals surface area contributed by atoms with E-state index < -0.39 is 10.0 Å². The Balaban J connectivity index is 1.11. The Morgan fingerprint density at radius 3 is 2.32 bits per heavy atom. The fraction of sp³-hybridized carbons (Fsp3) is 0.500. The topological polar surface area (TPSA) is 81.7 Å². The summed E-state index contributed by atoms with van der Waals surface area (Å²) in [5.41, 5.74) is 3.72. The second-order valence-electron chi connectivity index (χ2n) is 9.24. The summed E-state index contributed by atoms with van der Waals surface area (Å²) >= 11 is 0. The molecular formula is C26H36N4O3S. The highest BCUT2D eigenvalue weighted by molar-refractivity contribution is 7.89. The Morgan fingerprint density at radius 2 is 1.56 bits per heavy atom. The van der Waals surface area contributed by atoms with Crippen molar-refractivity contribution in [3.63, 3.8) is 0 Å². The van der Waals surface area contributed by atoms with Crippen LogP contribution < -0.4 is 10.0 Å². The maximum absolute atomic E-state index is 12.6. The maximum atomic E-state index is 12.6. The Hall–Kier alpha value is -2.26. The monoisotopic (exact) mass is 484 g/mol. The third kappa shape index (κ3) is 7.12. The van der Waals surface area contributed by atoms with Crippen molar-refractivity contribution in [3.8, 4) is 0 Å². The standard InChI is InChI=1S/C26H36N4O3S/c31-26(12-13-28-34(32,33)25-11-10-23-8-4-5-9-24(23)20-25)27-14-15-29-16-18-30(19-17-29)21-22-6-2-1-3-7-22/h1-3,6-7,10-11,20,28H,4-5,8-9,12-19,21H2,(H,27,31). The van der Waals surface area contributed by atoms with Gasteiger partial charge in [0.25, 0.3) is 0 Å². The Bertz CT molecular complexity index is 1050. The number of hydrogen-bond acceptors (Lipinski definition) is 5. The van der Waals surface area contributed by atoms with Gasteiger partial charge >= 0.3 is 0 Å². The van der Waals surface area contributed by atoms with Crippen LogP contribution in [0.25, 0.3) is 0 Å². The van der Waals surface area contributed by atoms with Crippen LogP contribution in [-0.2, 0) is 34.2 Å². The fourth-order valence-corrected chi connectivity index (χ4v) is 5.80. The van der Waals surface area contributed by atoms with Gasteiger partial charge in [-0.1, -0.05) is 36.4 Å². The third-order valence-corrected chi connectivity index (χ3v) is 8.20. The number of piperazine rings is 1. The zero-order valence-electron chi connectivity index (χ0n) is 19.8. The molecule has 1 fully saturated rings. The molecule has 7 nitrogen and oxygen atoms in total. The summed E-state index contributed by atoms with van der Waals surface area (Å²) in [6, 6.07) is 15.9. The molecule has 1 amide bonds. The van der Waals surface area contributed by atoms with Crippen molar-refractivity contribution < 1.29 is 13.2 Å². The van der Waals surface area contributed by atoms with Gasteiger partial charge in [-0.05, 0) is 54.5 Å². The van der Waals surface area contributed by atoms with Crippen LogP contribution in [0, 0.1) is 0 Å². The van der Waals surface area contributed by atoms with Crippen LogP contribution in [0.4, 0.5) is 0 Å². The first kappa shape index (κ1) is 24.9. The maximum Gasteiger partial charge on any atom is 0.240 e. The van der Waals surface area contributed by atoms with E-state index in [1.54, 1.807) is 12.1 Å². The predicted octanol–water partition coefficient (Wildman–Crippen LogP) is 2.17. The summed E-state index contributed by atoms with van der Waals surface area (Å²) in [5.74, 6) is -0.129. The lowest BCUT2D eigenvalue weighted by Crippen LogP contribution is -2.48. The molecule has 8 heteroatoms. The summed E-state index contributed by atoms with van der Waals surface area (Å²) in [6.07, 6.45) is 4.36. The largest absolute Gasteiger partial charge is 0.355 e. The van der Waals surface area contributed by atoms with Crippen molar-refractivity contribution in [1.29, 1.82) is 0 Å². The number of aryl methyl sites for hydroxylation is 2. The van der Waals surface area contributed by atoms with Crippen molar-refractivity contribution in [2.45, 2.75) is 43.5 Å². The van der Waals surface area contributed by atoms with Crippen LogP contribution in [-0.4, -0.2) is 69.9 Å². The molecule has 0 radical (unpaired) electrons. The van der Waals surface area contributed by atoms with Crippen molar-refractivity contribution in [3.05, 3.63) is 65.2 Å². The first-order valence-corrected chi connectivity index (χ1v) is 13.8. The summed E-state index contributed by atoms with van der Waals surface area (Å²) in [7, 11) is -3.60. The van der Waals surface area contributed by atoms with Crippen LogP contribution in [0.1, 0.15) is 36.0 Å². The fourth-order valence-electron chi connectivity index (χ4n) is 4.71. The van der Waals surface area contributed by atoms with Gasteiger partial charge in [0.2, 0.25) is 15.9 Å². The van der Waals surface area contributed by atoms with Crippen LogP contribution in [0.3, 0.4) is 0 Å². The molecule has 2 aliphatic rings. The molecule has 0 unspecified atom stereocenters. The summed E-state index contributed by atoms with van der Waals surface area (Å²) in [5, 5.41) is 2.92. The molecule has 0 saturated carbocycles. The van der Waals surface area contributed by atoms with Crippen molar-refractivity contribution >= 4 is 15.9 Å². The van der Waals surface area contributed by atoms with E-state index in [9.17, 15) is 13.2 Å². The zero-order valence-corrected chi connectivity index (χ0v) is 20.7. The van der Waals surface area contributed by atoms with Gasteiger partial charge in [0, 0.05) is 58.8 Å². The summed E-state index contributed by atoms with van der Waals surface area (Å²) < 4.78 is 27.8. The number of hydrogen-bond donors (Lipinski definition) is 2. The highest BCUT2D eigenvalue weighted by Crippen LogP contribution is 2.24. The van der Waals surface area contributed by atoms with E-state index in [-0.39, 0.29) is 18.9 Å². The molecule has 34 heavy (non-hydrogen) atoms. The third-order valence-electron chi connectivity index (χ3n) is 6.74. The van der Waals surface area contributed by atoms with E-state index in [1.807, 2.05) is 12.1 Å². The molecule has 2 aromatic rings. The Morgan fingerprint density at radius 1 is 0.853 bits per heavy atom. The van der Waals surface area contributed by atoms with Crippen LogP contribution >= 0.6 is 0 Å². The molecular weight excluding hydrogens is 448 g/mol. The number of carbonyl (C=O) groups excluding carboxylic acids is 1. The lowest BCUT2D eigenvalue weighted by molar-refractivity contribution is -0.121. The van der Waals surface area contributed by atoms with Crippen molar-refractivity contribution in [2.24, 2.45) is 0 Å². The lowest BCUT2D eigenvalue weighted by atomic mass is 9.92. The first-order chi connectivity index (χ1) is 16.5. The highest BCUT2D eigenvalue weighted by Gasteiger charge is 2.19. The van der Waals surface area contributed by atoms with Gasteiger partial charge in [-0.25, -0.2) is 13.1 Å². The minimum atomic E-state index is -3.60. The van der Waals surface area contributed by atoms with E-state index in [4.69, 9.17) is 0 Å². The molecule has 0 spiro atoms. The van der Waals surface area contributed by atoms with E-state index in [1.165, 1.54) is 11.1 Å². The van der Waals surface area contributed by atoms with Gasteiger partial charge in [-0.2, -0.15) is 0 Å². The number of nitrogens with one attached hydrogen (secondary N) is 2. The smallest absolute Gasteiger partial charge is 0.240 e. The number of rotatable bonds is 10. The van der Waals surface area contributed by atoms with Crippen LogP contribution in [0.2, 0.25) is 0 Å². The van der Waals surface area contributed by atoms with E-state index in [2.05, 4.69) is 44.1 Å². The number of sulfonamides is 1. The molecule has 1 aliphatic heterocycles. The minimum absolute atomic E-state index is 0.101. The van der Waals surface area contributed by atoms with Crippen molar-refractivity contribution in [1.82, 2.24) is 19.8 Å². The minimum Gasteiger partial charge on any atom is -0.355 e. The van der Waals surface area contributed by atoms with Crippen molar-refractivity contribution in [2.75, 3.05) is 45.8 Å². The lowest BCUT2D eigenvalue weighted by Gasteiger charge is -2.34.